The second-order valence-corrected chi connectivity index (χ2v) is 15.2. The van der Waals surface area contributed by atoms with Gasteiger partial charge in [-0.05, 0) is 93.6 Å². The van der Waals surface area contributed by atoms with E-state index >= 15 is 0 Å². The molecule has 5 aromatic carbocycles. The van der Waals surface area contributed by atoms with Gasteiger partial charge in [0.2, 0.25) is 5.71 Å². The molecule has 0 aliphatic carbocycles. The van der Waals surface area contributed by atoms with Crippen molar-refractivity contribution in [3.8, 4) is 62.0 Å². The second-order valence-electron chi connectivity index (χ2n) is 15.2. The summed E-state index contributed by atoms with van der Waals surface area (Å²) in [7, 11) is 0. The maximum atomic E-state index is 9.64. The van der Waals surface area contributed by atoms with Gasteiger partial charge < -0.3 is 14.4 Å². The summed E-state index contributed by atoms with van der Waals surface area (Å²) in [5.74, 6) is 0.567. The summed E-state index contributed by atoms with van der Waals surface area (Å²) in [6, 6.07) is 48.1. The summed E-state index contributed by atoms with van der Waals surface area (Å²) in [5, 5.41) is 10.9. The van der Waals surface area contributed by atoms with Crippen LogP contribution in [-0.2, 0) is 20.1 Å². The standard InChI is InChI=1S/C36H30N3O.C19H16N.Ir/c1-21(2)30-16-26(24-10-7-6-8-11-24)17-31(22(3)4)34(30)25-14-15-38-33(19-25)29-13-9-12-28-32-18-27(20-37)23(5)39-36(32)40-35(28)29;1-14-8-11-19(20-13-14)17-10-9-15(2)18(12-17)16-6-4-3-5-7-16;/h6-12,14-19,21-22H,1-5H3;3-9,11-13H,1-2H3;/q2*-1;/i5D3;1D3,2D3;. The van der Waals surface area contributed by atoms with Crippen LogP contribution >= 0.6 is 0 Å². The van der Waals surface area contributed by atoms with Crippen molar-refractivity contribution in [2.75, 3.05) is 0 Å². The number of aryl methyl sites for hydroxylation is 3. The van der Waals surface area contributed by atoms with Gasteiger partial charge in [-0.15, -0.1) is 47.5 Å². The quantitative estimate of drug-likeness (QED) is 0.149. The largest absolute Gasteiger partial charge is 0.486 e. The third kappa shape index (κ3) is 8.86. The minimum atomic E-state index is -2.54. The number of furan rings is 1. The van der Waals surface area contributed by atoms with Crippen molar-refractivity contribution in [3.63, 3.8) is 0 Å². The third-order valence-electron chi connectivity index (χ3n) is 10.5. The van der Waals surface area contributed by atoms with Gasteiger partial charge in [0.25, 0.3) is 0 Å². The van der Waals surface area contributed by atoms with E-state index < -0.39 is 20.6 Å². The number of hydrogen-bond donors (Lipinski definition) is 0. The van der Waals surface area contributed by atoms with Crippen LogP contribution in [0.5, 0.6) is 0 Å². The van der Waals surface area contributed by atoms with Crippen molar-refractivity contribution < 1.29 is 36.9 Å². The molecule has 0 saturated heterocycles. The second kappa shape index (κ2) is 18.4. The first-order valence-corrected chi connectivity index (χ1v) is 19.7. The Bertz CT molecular complexity index is 3330. The van der Waals surface area contributed by atoms with Gasteiger partial charge in [-0.25, -0.2) is 4.98 Å². The molecule has 5 nitrogen and oxygen atoms in total. The average Bonchev–Trinajstić information content (AvgIpc) is 3.71. The Hall–Kier alpha value is -6.51. The van der Waals surface area contributed by atoms with E-state index in [9.17, 15) is 5.26 Å². The Balaban J connectivity index is 0.000000229. The molecule has 0 amide bonds. The van der Waals surface area contributed by atoms with Gasteiger partial charge in [0.1, 0.15) is 6.07 Å². The molecule has 0 bridgehead atoms. The molecule has 0 atom stereocenters. The Labute approximate surface area is 385 Å². The molecule has 0 saturated carbocycles. The predicted octanol–water partition coefficient (Wildman–Crippen LogP) is 14.4. The van der Waals surface area contributed by atoms with Crippen LogP contribution in [0.25, 0.3) is 78.0 Å². The molecule has 4 aromatic heterocycles. The molecule has 9 aromatic rings. The van der Waals surface area contributed by atoms with Crippen LogP contribution in [0.2, 0.25) is 0 Å². The van der Waals surface area contributed by atoms with Gasteiger partial charge in [-0.2, -0.15) is 5.26 Å². The minimum absolute atomic E-state index is 0. The van der Waals surface area contributed by atoms with Crippen molar-refractivity contribution in [2.24, 2.45) is 0 Å². The summed E-state index contributed by atoms with van der Waals surface area (Å²) in [4.78, 5) is 13.2. The fourth-order valence-corrected chi connectivity index (χ4v) is 7.44. The normalized spacial score (nSPS) is 13.8. The number of hydrogen-bond acceptors (Lipinski definition) is 5. The number of rotatable bonds is 7. The third-order valence-corrected chi connectivity index (χ3v) is 10.5. The van der Waals surface area contributed by atoms with Gasteiger partial charge in [-0.3, -0.25) is 0 Å². The molecule has 0 fully saturated rings. The molecule has 1 radical (unpaired) electrons. The first-order valence-electron chi connectivity index (χ1n) is 24.2. The molecular formula is C55H46IrN4O-2. The van der Waals surface area contributed by atoms with E-state index in [1.54, 1.807) is 30.5 Å². The topological polar surface area (TPSA) is 75.6 Å². The van der Waals surface area contributed by atoms with E-state index in [2.05, 4.69) is 92.3 Å². The number of aromatic nitrogens is 3. The van der Waals surface area contributed by atoms with E-state index in [0.29, 0.717) is 39.0 Å². The van der Waals surface area contributed by atoms with Gasteiger partial charge in [0, 0.05) is 50.2 Å². The molecule has 0 aliphatic heterocycles. The Morgan fingerprint density at radius 2 is 1.43 bits per heavy atom. The Morgan fingerprint density at radius 3 is 2.07 bits per heavy atom. The van der Waals surface area contributed by atoms with Crippen molar-refractivity contribution in [1.29, 1.82) is 5.26 Å². The fourth-order valence-electron chi connectivity index (χ4n) is 7.44. The summed E-state index contributed by atoms with van der Waals surface area (Å²) in [6.45, 7) is 1.87. The number of nitrogens with zero attached hydrogens (tertiary/aromatic N) is 4. The molecule has 0 aliphatic rings. The van der Waals surface area contributed by atoms with Gasteiger partial charge >= 0.3 is 0 Å². The summed E-state index contributed by atoms with van der Waals surface area (Å²) in [6.07, 6.45) is 3.12. The zero-order chi connectivity index (χ0) is 49.4. The zero-order valence-electron chi connectivity index (χ0n) is 43.0. The van der Waals surface area contributed by atoms with E-state index in [1.807, 2.05) is 54.6 Å². The smallest absolute Gasteiger partial charge is 0.216 e. The Kier molecular flexibility index (Phi) is 9.74. The maximum Gasteiger partial charge on any atom is 0.216 e. The average molecular weight is 980 g/mol. The van der Waals surface area contributed by atoms with Crippen LogP contribution in [0.3, 0.4) is 0 Å². The maximum absolute atomic E-state index is 9.64. The first kappa shape index (κ1) is 32.3. The van der Waals surface area contributed by atoms with Crippen molar-refractivity contribution in [3.05, 3.63) is 185 Å². The molecule has 303 valence electrons. The van der Waals surface area contributed by atoms with Crippen LogP contribution in [0, 0.1) is 44.0 Å². The van der Waals surface area contributed by atoms with Crippen LogP contribution in [0.15, 0.2) is 144 Å². The molecule has 9 rings (SSSR count). The van der Waals surface area contributed by atoms with E-state index in [0.717, 1.165) is 16.5 Å². The van der Waals surface area contributed by atoms with Gasteiger partial charge in [-0.1, -0.05) is 142 Å². The first-order chi connectivity index (χ1) is 32.7. The molecule has 0 N–H and O–H groups in total. The monoisotopic (exact) mass is 980 g/mol. The number of fused-ring (bicyclic) bond motifs is 3. The van der Waals surface area contributed by atoms with Crippen LogP contribution in [0.4, 0.5) is 0 Å². The number of benzene rings is 5. The van der Waals surface area contributed by atoms with Crippen molar-refractivity contribution in [1.82, 2.24) is 15.0 Å². The summed E-state index contributed by atoms with van der Waals surface area (Å²) < 4.78 is 75.2. The number of pyridine rings is 3. The van der Waals surface area contributed by atoms with Gasteiger partial charge in [0.05, 0.1) is 16.8 Å². The minimum Gasteiger partial charge on any atom is -0.486 e. The summed E-state index contributed by atoms with van der Waals surface area (Å²) >= 11 is 0. The Morgan fingerprint density at radius 1 is 0.689 bits per heavy atom. The van der Waals surface area contributed by atoms with E-state index in [1.165, 1.54) is 46.1 Å². The van der Waals surface area contributed by atoms with E-state index in [-0.39, 0.29) is 60.0 Å². The molecule has 6 heteroatoms. The molecule has 61 heavy (non-hydrogen) atoms. The van der Waals surface area contributed by atoms with Crippen molar-refractivity contribution in [2.45, 2.75) is 60.1 Å². The molecule has 0 unspecified atom stereocenters. The molecule has 0 spiro atoms. The van der Waals surface area contributed by atoms with Crippen LogP contribution in [0.1, 0.15) is 85.4 Å². The SMILES string of the molecule is [2H]C([2H])([2H])c1ccc(-c2[c-]cc(C([2H])([2H])[2H])c(-c3ccccc3)c2)nc1.[2H]C([2H])([2H])c1nc2oc3c(-c4cc(-c5c(C(C)C)cc(-c6ccccc6)cc5C(C)C)ccn4)[c-]ccc3c2cc1C#N.[Ir]. The summed E-state index contributed by atoms with van der Waals surface area (Å²) in [5.41, 5.74) is 11.8. The molecular weight excluding hydrogens is 925 g/mol. The number of nitriles is 1. The zero-order valence-corrected chi connectivity index (χ0v) is 36.4. The van der Waals surface area contributed by atoms with Crippen LogP contribution < -0.4 is 0 Å². The van der Waals surface area contributed by atoms with Crippen LogP contribution in [-0.4, -0.2) is 15.0 Å². The van der Waals surface area contributed by atoms with E-state index in [4.69, 9.17) is 21.7 Å². The fraction of sp³-hybridized carbons (Fsp3) is 0.164. The van der Waals surface area contributed by atoms with Gasteiger partial charge in [0.15, 0.2) is 0 Å². The van der Waals surface area contributed by atoms with Crippen molar-refractivity contribution >= 4 is 22.1 Å². The predicted molar refractivity (Wildman–Crippen MR) is 246 cm³/mol. The molecule has 4 heterocycles.